The van der Waals surface area contributed by atoms with Crippen molar-refractivity contribution >= 4 is 12.0 Å². The van der Waals surface area contributed by atoms with Crippen molar-refractivity contribution in [2.24, 2.45) is 0 Å². The molecule has 0 aliphatic rings. The van der Waals surface area contributed by atoms with Crippen LogP contribution in [0.15, 0.2) is 24.3 Å². The van der Waals surface area contributed by atoms with Gasteiger partial charge in [0.25, 0.3) is 0 Å². The summed E-state index contributed by atoms with van der Waals surface area (Å²) < 4.78 is 9.55. The van der Waals surface area contributed by atoms with E-state index in [4.69, 9.17) is 4.74 Å². The van der Waals surface area contributed by atoms with Crippen LogP contribution in [-0.4, -0.2) is 44.2 Å². The number of nitrogens with zero attached hydrogens (tertiary/aromatic N) is 1. The van der Waals surface area contributed by atoms with Crippen molar-refractivity contribution in [1.82, 2.24) is 10.2 Å². The Morgan fingerprint density at radius 2 is 2.05 bits per heavy atom. The Balaban J connectivity index is 2.62. The van der Waals surface area contributed by atoms with Crippen LogP contribution in [0.5, 0.6) is 5.75 Å². The molecular formula is C14H20N2O4. The number of amides is 2. The summed E-state index contributed by atoms with van der Waals surface area (Å²) in [5.41, 5.74) is 1.02. The van der Waals surface area contributed by atoms with Crippen LogP contribution in [0.1, 0.15) is 12.5 Å². The number of nitrogens with one attached hydrogen (secondary N) is 1. The lowest BCUT2D eigenvalue weighted by molar-refractivity contribution is -0.124. The number of alkyl carbamates (subject to hydrolysis) is 1. The van der Waals surface area contributed by atoms with Crippen LogP contribution in [-0.2, 0) is 16.1 Å². The van der Waals surface area contributed by atoms with E-state index < -0.39 is 18.0 Å². The highest BCUT2D eigenvalue weighted by atomic mass is 16.5. The second-order valence-electron chi connectivity index (χ2n) is 4.42. The molecule has 1 N–H and O–H groups in total. The summed E-state index contributed by atoms with van der Waals surface area (Å²) in [4.78, 5) is 24.6. The summed E-state index contributed by atoms with van der Waals surface area (Å²) in [5.74, 6) is 0.366. The molecule has 0 saturated carbocycles. The van der Waals surface area contributed by atoms with Crippen molar-refractivity contribution in [2.45, 2.75) is 19.5 Å². The molecule has 6 nitrogen and oxygen atoms in total. The van der Waals surface area contributed by atoms with E-state index in [0.29, 0.717) is 6.54 Å². The Kier molecular flexibility index (Phi) is 5.99. The molecule has 0 fully saturated rings. The topological polar surface area (TPSA) is 67.9 Å². The molecule has 0 aliphatic carbocycles. The van der Waals surface area contributed by atoms with E-state index in [1.165, 1.54) is 7.11 Å². The number of hydrogen-bond donors (Lipinski definition) is 1. The first-order valence-corrected chi connectivity index (χ1v) is 6.20. The van der Waals surface area contributed by atoms with Gasteiger partial charge in [0.05, 0.1) is 20.3 Å². The number of hydrogen-bond acceptors (Lipinski definition) is 5. The number of methoxy groups -OCH3 is 2. The molecule has 1 aromatic rings. The fourth-order valence-electron chi connectivity index (χ4n) is 1.65. The van der Waals surface area contributed by atoms with Crippen LogP contribution in [0.4, 0.5) is 4.79 Å². The van der Waals surface area contributed by atoms with E-state index in [0.717, 1.165) is 11.3 Å². The lowest BCUT2D eigenvalue weighted by Gasteiger charge is -2.23. The zero-order chi connectivity index (χ0) is 15.1. The Morgan fingerprint density at radius 3 is 2.65 bits per heavy atom. The summed E-state index contributed by atoms with van der Waals surface area (Å²) in [6, 6.07) is 7.14. The Bertz CT molecular complexity index is 476. The van der Waals surface area contributed by atoms with Crippen molar-refractivity contribution in [3.63, 3.8) is 0 Å². The number of likely N-dealkylation sites (N-methyl/N-ethyl adjacent to an activating group) is 1. The molecule has 1 rings (SSSR count). The first-order valence-electron chi connectivity index (χ1n) is 6.20. The van der Waals surface area contributed by atoms with Gasteiger partial charge in [-0.1, -0.05) is 12.1 Å². The fourth-order valence-corrected chi connectivity index (χ4v) is 1.65. The average molecular weight is 280 g/mol. The van der Waals surface area contributed by atoms with Gasteiger partial charge in [0.1, 0.15) is 5.75 Å². The van der Waals surface area contributed by atoms with Gasteiger partial charge in [0.15, 0.2) is 0 Å². The maximum Gasteiger partial charge on any atom is 0.413 e. The molecule has 0 bridgehead atoms. The van der Waals surface area contributed by atoms with Gasteiger partial charge < -0.3 is 9.47 Å². The van der Waals surface area contributed by atoms with E-state index in [9.17, 15) is 9.59 Å². The minimum absolute atomic E-state index is 0.401. The molecule has 2 amide bonds. The number of carbonyl (C=O) groups is 2. The van der Waals surface area contributed by atoms with E-state index in [2.05, 4.69) is 10.1 Å². The number of benzene rings is 1. The SMILES string of the molecule is COC(=O)NC(=O)[C@@H](C)N(C)Cc1cccc(OC)c1. The van der Waals surface area contributed by atoms with Crippen LogP contribution < -0.4 is 10.1 Å². The van der Waals surface area contributed by atoms with Gasteiger partial charge in [-0.05, 0) is 31.7 Å². The van der Waals surface area contributed by atoms with Crippen molar-refractivity contribution in [1.29, 1.82) is 0 Å². The fraction of sp³-hybridized carbons (Fsp3) is 0.429. The zero-order valence-corrected chi connectivity index (χ0v) is 12.2. The van der Waals surface area contributed by atoms with Crippen LogP contribution in [0.3, 0.4) is 0 Å². The average Bonchev–Trinajstić information content (AvgIpc) is 2.46. The molecule has 0 aromatic heterocycles. The summed E-state index contributed by atoms with van der Waals surface area (Å²) in [5, 5.41) is 2.15. The molecule has 20 heavy (non-hydrogen) atoms. The number of rotatable bonds is 5. The molecule has 1 aromatic carbocycles. The van der Waals surface area contributed by atoms with Crippen LogP contribution in [0, 0.1) is 0 Å². The standard InChI is InChI=1S/C14H20N2O4/c1-10(13(17)15-14(18)20-4)16(2)9-11-6-5-7-12(8-11)19-3/h5-8,10H,9H2,1-4H3,(H,15,17,18)/t10-/m1/s1. The third-order valence-corrected chi connectivity index (χ3v) is 3.02. The second kappa shape index (κ2) is 7.49. The van der Waals surface area contributed by atoms with Crippen molar-refractivity contribution < 1.29 is 19.1 Å². The zero-order valence-electron chi connectivity index (χ0n) is 12.2. The monoisotopic (exact) mass is 280 g/mol. The van der Waals surface area contributed by atoms with Gasteiger partial charge in [-0.25, -0.2) is 4.79 Å². The lowest BCUT2D eigenvalue weighted by atomic mass is 10.2. The van der Waals surface area contributed by atoms with Crippen molar-refractivity contribution in [3.05, 3.63) is 29.8 Å². The maximum absolute atomic E-state index is 11.8. The quantitative estimate of drug-likeness (QED) is 0.883. The van der Waals surface area contributed by atoms with Gasteiger partial charge >= 0.3 is 6.09 Å². The van der Waals surface area contributed by atoms with Gasteiger partial charge in [-0.15, -0.1) is 0 Å². The summed E-state index contributed by atoms with van der Waals surface area (Å²) in [6.45, 7) is 2.28. The van der Waals surface area contributed by atoms with Gasteiger partial charge in [-0.3, -0.25) is 15.0 Å². The molecule has 0 unspecified atom stereocenters. The van der Waals surface area contributed by atoms with Crippen molar-refractivity contribution in [3.8, 4) is 5.75 Å². The number of carbonyl (C=O) groups excluding carboxylic acids is 2. The summed E-state index contributed by atoms with van der Waals surface area (Å²) in [6.07, 6.45) is -0.753. The van der Waals surface area contributed by atoms with Gasteiger partial charge in [0.2, 0.25) is 5.91 Å². The summed E-state index contributed by atoms with van der Waals surface area (Å²) >= 11 is 0. The predicted molar refractivity (Wildman–Crippen MR) is 74.5 cm³/mol. The number of imide groups is 1. The maximum atomic E-state index is 11.8. The molecule has 6 heteroatoms. The molecule has 0 spiro atoms. The highest BCUT2D eigenvalue weighted by Crippen LogP contribution is 2.14. The molecular weight excluding hydrogens is 260 g/mol. The molecule has 0 aliphatic heterocycles. The van der Waals surface area contributed by atoms with E-state index in [1.807, 2.05) is 29.2 Å². The minimum atomic E-state index is -0.753. The van der Waals surface area contributed by atoms with Crippen LogP contribution in [0.25, 0.3) is 0 Å². The van der Waals surface area contributed by atoms with E-state index >= 15 is 0 Å². The molecule has 0 heterocycles. The van der Waals surface area contributed by atoms with E-state index in [1.54, 1.807) is 21.1 Å². The van der Waals surface area contributed by atoms with Crippen molar-refractivity contribution in [2.75, 3.05) is 21.3 Å². The third-order valence-electron chi connectivity index (χ3n) is 3.02. The second-order valence-corrected chi connectivity index (χ2v) is 4.42. The first kappa shape index (κ1) is 16.0. The van der Waals surface area contributed by atoms with E-state index in [-0.39, 0.29) is 0 Å². The highest BCUT2D eigenvalue weighted by molar-refractivity contribution is 5.94. The first-order chi connectivity index (χ1) is 9.47. The lowest BCUT2D eigenvalue weighted by Crippen LogP contribution is -2.45. The largest absolute Gasteiger partial charge is 0.497 e. The third kappa shape index (κ3) is 4.55. The normalized spacial score (nSPS) is 11.8. The van der Waals surface area contributed by atoms with Gasteiger partial charge in [-0.2, -0.15) is 0 Å². The molecule has 0 saturated heterocycles. The Labute approximate surface area is 118 Å². The predicted octanol–water partition coefficient (Wildman–Crippen LogP) is 1.40. The molecule has 0 radical (unpaired) electrons. The Morgan fingerprint density at radius 1 is 1.35 bits per heavy atom. The molecule has 1 atom stereocenters. The summed E-state index contributed by atoms with van der Waals surface area (Å²) in [7, 11) is 4.63. The van der Waals surface area contributed by atoms with Gasteiger partial charge in [0, 0.05) is 6.54 Å². The molecule has 110 valence electrons. The Hall–Kier alpha value is -2.08. The van der Waals surface area contributed by atoms with Crippen LogP contribution in [0.2, 0.25) is 0 Å². The van der Waals surface area contributed by atoms with Crippen LogP contribution >= 0.6 is 0 Å². The minimum Gasteiger partial charge on any atom is -0.497 e. The number of ether oxygens (including phenoxy) is 2. The smallest absolute Gasteiger partial charge is 0.413 e. The highest BCUT2D eigenvalue weighted by Gasteiger charge is 2.20.